The molecule has 100 valence electrons. The van der Waals surface area contributed by atoms with Crippen LogP contribution in [0.3, 0.4) is 0 Å². The van der Waals surface area contributed by atoms with Crippen molar-refractivity contribution in [2.24, 2.45) is 0 Å². The number of halogens is 3. The quantitative estimate of drug-likeness (QED) is 0.860. The van der Waals surface area contributed by atoms with Gasteiger partial charge in [0.25, 0.3) is 0 Å². The van der Waals surface area contributed by atoms with Gasteiger partial charge in [0, 0.05) is 7.11 Å². The maximum atomic E-state index is 14.0. The Morgan fingerprint density at radius 1 is 1.33 bits per heavy atom. The van der Waals surface area contributed by atoms with Crippen molar-refractivity contribution in [3.05, 3.63) is 33.8 Å². The van der Waals surface area contributed by atoms with Crippen LogP contribution in [0.25, 0.3) is 0 Å². The molecule has 1 aromatic carbocycles. The Bertz CT molecular complexity index is 445. The summed E-state index contributed by atoms with van der Waals surface area (Å²) in [4.78, 5) is 0. The summed E-state index contributed by atoms with van der Waals surface area (Å²) in [5.74, 6) is -1.50. The Hall–Kier alpha value is -0.520. The molecule has 2 rings (SSSR count). The standard InChI is InChI=1S/C13H15BrF2O2/c1-18-13(6-2-3-7-13)12(17)10-9(15)5-4-8(14)11(10)16/h4-5,12,17H,2-3,6-7H2,1H3. The molecule has 5 heteroatoms. The van der Waals surface area contributed by atoms with Crippen molar-refractivity contribution in [2.75, 3.05) is 7.11 Å². The van der Waals surface area contributed by atoms with Gasteiger partial charge in [0.15, 0.2) is 0 Å². The summed E-state index contributed by atoms with van der Waals surface area (Å²) in [5.41, 5.74) is -1.18. The van der Waals surface area contributed by atoms with Crippen LogP contribution in [0.15, 0.2) is 16.6 Å². The minimum absolute atomic E-state index is 0.141. The van der Waals surface area contributed by atoms with Crippen LogP contribution in [0, 0.1) is 11.6 Å². The molecular formula is C13H15BrF2O2. The highest BCUT2D eigenvalue weighted by molar-refractivity contribution is 9.10. The summed E-state index contributed by atoms with van der Waals surface area (Å²) in [7, 11) is 1.47. The fourth-order valence-corrected chi connectivity index (χ4v) is 2.96. The molecule has 1 aliphatic rings. The summed E-state index contributed by atoms with van der Waals surface area (Å²) < 4.78 is 33.2. The molecule has 1 saturated carbocycles. The lowest BCUT2D eigenvalue weighted by atomic mass is 9.88. The average molecular weight is 321 g/mol. The van der Waals surface area contributed by atoms with Crippen LogP contribution in [-0.2, 0) is 4.74 Å². The van der Waals surface area contributed by atoms with Gasteiger partial charge in [0.1, 0.15) is 17.7 Å². The molecule has 1 unspecified atom stereocenters. The van der Waals surface area contributed by atoms with E-state index in [0.29, 0.717) is 12.8 Å². The van der Waals surface area contributed by atoms with Crippen LogP contribution in [0.4, 0.5) is 8.78 Å². The largest absolute Gasteiger partial charge is 0.385 e. The second-order valence-electron chi connectivity index (χ2n) is 4.64. The number of hydrogen-bond donors (Lipinski definition) is 1. The SMILES string of the molecule is COC1(C(O)c2c(F)ccc(Br)c2F)CCCC1. The lowest BCUT2D eigenvalue weighted by Crippen LogP contribution is -2.36. The topological polar surface area (TPSA) is 29.5 Å². The Labute approximate surface area is 113 Å². The van der Waals surface area contributed by atoms with E-state index in [-0.39, 0.29) is 10.0 Å². The summed E-state index contributed by atoms with van der Waals surface area (Å²) in [6, 6.07) is 2.43. The van der Waals surface area contributed by atoms with E-state index in [0.717, 1.165) is 18.9 Å². The minimum atomic E-state index is -1.29. The van der Waals surface area contributed by atoms with Gasteiger partial charge in [-0.05, 0) is 40.9 Å². The van der Waals surface area contributed by atoms with Crippen LogP contribution in [0.5, 0.6) is 0 Å². The monoisotopic (exact) mass is 320 g/mol. The molecule has 1 aromatic rings. The number of aliphatic hydroxyl groups excluding tert-OH is 1. The van der Waals surface area contributed by atoms with E-state index in [2.05, 4.69) is 15.9 Å². The third-order valence-corrected chi connectivity index (χ3v) is 4.32. The van der Waals surface area contributed by atoms with Gasteiger partial charge in [0.05, 0.1) is 15.6 Å². The molecule has 0 heterocycles. The van der Waals surface area contributed by atoms with E-state index < -0.39 is 23.3 Å². The van der Waals surface area contributed by atoms with Crippen molar-refractivity contribution in [1.29, 1.82) is 0 Å². The third kappa shape index (κ3) is 2.19. The molecule has 0 radical (unpaired) electrons. The first-order chi connectivity index (χ1) is 8.52. The Morgan fingerprint density at radius 3 is 2.50 bits per heavy atom. The fraction of sp³-hybridized carbons (Fsp3) is 0.538. The zero-order valence-electron chi connectivity index (χ0n) is 10.0. The first kappa shape index (κ1) is 13.9. The van der Waals surface area contributed by atoms with Gasteiger partial charge in [0.2, 0.25) is 0 Å². The van der Waals surface area contributed by atoms with Crippen LogP contribution < -0.4 is 0 Å². The molecule has 1 N–H and O–H groups in total. The van der Waals surface area contributed by atoms with Gasteiger partial charge in [-0.3, -0.25) is 0 Å². The van der Waals surface area contributed by atoms with E-state index in [9.17, 15) is 13.9 Å². The van der Waals surface area contributed by atoms with E-state index >= 15 is 0 Å². The molecule has 1 atom stereocenters. The van der Waals surface area contributed by atoms with Crippen LogP contribution in [0.2, 0.25) is 0 Å². The summed E-state index contributed by atoms with van der Waals surface area (Å²) in [6.07, 6.45) is 1.71. The smallest absolute Gasteiger partial charge is 0.146 e. The number of methoxy groups -OCH3 is 1. The molecule has 0 aliphatic heterocycles. The molecule has 0 spiro atoms. The number of ether oxygens (including phenoxy) is 1. The van der Waals surface area contributed by atoms with Gasteiger partial charge < -0.3 is 9.84 Å². The van der Waals surface area contributed by atoms with Crippen molar-refractivity contribution in [1.82, 2.24) is 0 Å². The second kappa shape index (κ2) is 5.23. The number of aliphatic hydroxyl groups is 1. The van der Waals surface area contributed by atoms with E-state index in [1.165, 1.54) is 13.2 Å². The fourth-order valence-electron chi connectivity index (χ4n) is 2.62. The van der Waals surface area contributed by atoms with Crippen molar-refractivity contribution in [2.45, 2.75) is 37.4 Å². The molecule has 0 bridgehead atoms. The maximum Gasteiger partial charge on any atom is 0.146 e. The van der Waals surface area contributed by atoms with Gasteiger partial charge in [-0.15, -0.1) is 0 Å². The average Bonchev–Trinajstić information content (AvgIpc) is 2.84. The summed E-state index contributed by atoms with van der Waals surface area (Å²) >= 11 is 3.00. The molecule has 18 heavy (non-hydrogen) atoms. The normalized spacial score (nSPS) is 20.1. The highest BCUT2D eigenvalue weighted by atomic mass is 79.9. The molecular weight excluding hydrogens is 306 g/mol. The van der Waals surface area contributed by atoms with Crippen molar-refractivity contribution < 1.29 is 18.6 Å². The van der Waals surface area contributed by atoms with Gasteiger partial charge >= 0.3 is 0 Å². The number of benzene rings is 1. The zero-order chi connectivity index (χ0) is 13.3. The predicted molar refractivity (Wildman–Crippen MR) is 67.2 cm³/mol. The van der Waals surface area contributed by atoms with Crippen molar-refractivity contribution >= 4 is 15.9 Å². The lowest BCUT2D eigenvalue weighted by Gasteiger charge is -2.33. The highest BCUT2D eigenvalue weighted by Crippen LogP contribution is 2.44. The molecule has 0 amide bonds. The highest BCUT2D eigenvalue weighted by Gasteiger charge is 2.44. The summed E-state index contributed by atoms with van der Waals surface area (Å²) in [6.45, 7) is 0. The molecule has 0 aromatic heterocycles. The van der Waals surface area contributed by atoms with Crippen LogP contribution in [0.1, 0.15) is 37.4 Å². The van der Waals surface area contributed by atoms with Crippen molar-refractivity contribution in [3.8, 4) is 0 Å². The molecule has 2 nitrogen and oxygen atoms in total. The number of rotatable bonds is 3. The Balaban J connectivity index is 2.45. The minimum Gasteiger partial charge on any atom is -0.385 e. The van der Waals surface area contributed by atoms with Crippen molar-refractivity contribution in [3.63, 3.8) is 0 Å². The van der Waals surface area contributed by atoms with Crippen LogP contribution >= 0.6 is 15.9 Å². The van der Waals surface area contributed by atoms with Crippen LogP contribution in [-0.4, -0.2) is 17.8 Å². The zero-order valence-corrected chi connectivity index (χ0v) is 11.6. The lowest BCUT2D eigenvalue weighted by molar-refractivity contribution is -0.102. The number of hydrogen-bond acceptors (Lipinski definition) is 2. The third-order valence-electron chi connectivity index (χ3n) is 3.71. The van der Waals surface area contributed by atoms with E-state index in [1.807, 2.05) is 0 Å². The molecule has 1 fully saturated rings. The first-order valence-corrected chi connectivity index (χ1v) is 6.68. The first-order valence-electron chi connectivity index (χ1n) is 5.88. The molecule has 1 aliphatic carbocycles. The van der Waals surface area contributed by atoms with Gasteiger partial charge in [-0.2, -0.15) is 0 Å². The molecule has 0 saturated heterocycles. The second-order valence-corrected chi connectivity index (χ2v) is 5.49. The van der Waals surface area contributed by atoms with Gasteiger partial charge in [-0.1, -0.05) is 12.8 Å². The summed E-state index contributed by atoms with van der Waals surface area (Å²) in [5, 5.41) is 10.3. The van der Waals surface area contributed by atoms with E-state index in [1.54, 1.807) is 0 Å². The van der Waals surface area contributed by atoms with E-state index in [4.69, 9.17) is 4.74 Å². The maximum absolute atomic E-state index is 14.0. The Kier molecular flexibility index (Phi) is 4.04. The predicted octanol–water partition coefficient (Wildman–Crippen LogP) is 3.72. The van der Waals surface area contributed by atoms with Gasteiger partial charge in [-0.25, -0.2) is 8.78 Å². The Morgan fingerprint density at radius 2 is 1.94 bits per heavy atom.